The van der Waals surface area contributed by atoms with E-state index in [-0.39, 0.29) is 11.8 Å². The Morgan fingerprint density at radius 3 is 1.14 bits per heavy atom. The summed E-state index contributed by atoms with van der Waals surface area (Å²) in [5.74, 6) is 0.275. The molecule has 0 aliphatic heterocycles. The first-order chi connectivity index (χ1) is 21.8. The van der Waals surface area contributed by atoms with E-state index < -0.39 is 0 Å². The first-order valence-electron chi connectivity index (χ1n) is 15.2. The molecule has 0 N–H and O–H groups in total. The van der Waals surface area contributed by atoms with Gasteiger partial charge in [0.05, 0.1) is 0 Å². The zero-order valence-corrected chi connectivity index (χ0v) is 24.1. The van der Waals surface area contributed by atoms with Crippen LogP contribution in [0.1, 0.15) is 45.2 Å². The average molecular weight is 561 g/mol. The topological polar surface area (TPSA) is 25.8 Å². The summed E-state index contributed by atoms with van der Waals surface area (Å²) in [6.07, 6.45) is 8.01. The molecule has 0 spiro atoms. The van der Waals surface area contributed by atoms with Crippen LogP contribution in [-0.2, 0) is 0 Å². The first-order valence-corrected chi connectivity index (χ1v) is 15.2. The third-order valence-corrected chi connectivity index (χ3v) is 9.46. The van der Waals surface area contributed by atoms with Crippen LogP contribution in [0.2, 0.25) is 0 Å². The van der Waals surface area contributed by atoms with Crippen LogP contribution in [0.5, 0.6) is 0 Å². The van der Waals surface area contributed by atoms with Gasteiger partial charge in [-0.3, -0.25) is 9.97 Å². The summed E-state index contributed by atoms with van der Waals surface area (Å²) in [7, 11) is 0. The van der Waals surface area contributed by atoms with Crippen molar-refractivity contribution in [2.24, 2.45) is 0 Å². The minimum atomic E-state index is 0.137. The highest BCUT2D eigenvalue weighted by Crippen LogP contribution is 2.58. The lowest BCUT2D eigenvalue weighted by Crippen LogP contribution is -2.01. The smallest absolute Gasteiger partial charge is 0.0367 e. The van der Waals surface area contributed by atoms with Gasteiger partial charge in [-0.15, -0.1) is 0 Å². The van der Waals surface area contributed by atoms with Gasteiger partial charge in [-0.1, -0.05) is 121 Å². The minimum absolute atomic E-state index is 0.137. The predicted octanol–water partition coefficient (Wildman–Crippen LogP) is 10.1. The van der Waals surface area contributed by atoms with Crippen LogP contribution in [0.3, 0.4) is 0 Å². The van der Waals surface area contributed by atoms with E-state index in [0.29, 0.717) is 0 Å². The van der Waals surface area contributed by atoms with Crippen LogP contribution in [0.15, 0.2) is 158 Å². The fourth-order valence-electron chi connectivity index (χ4n) is 7.48. The van der Waals surface area contributed by atoms with E-state index in [1.165, 1.54) is 77.9 Å². The molecular weight excluding hydrogens is 532 g/mol. The Labute approximate surface area is 257 Å². The Hall–Kier alpha value is -5.60. The van der Waals surface area contributed by atoms with Crippen LogP contribution in [0.25, 0.3) is 44.5 Å². The monoisotopic (exact) mass is 560 g/mol. The second-order valence-electron chi connectivity index (χ2n) is 11.8. The molecule has 0 amide bonds. The van der Waals surface area contributed by atoms with Crippen LogP contribution < -0.4 is 0 Å². The summed E-state index contributed by atoms with van der Waals surface area (Å²) in [5.41, 5.74) is 18.0. The number of rotatable bonds is 4. The molecular formula is C42H28N2. The van der Waals surface area contributed by atoms with Crippen molar-refractivity contribution in [3.63, 3.8) is 0 Å². The van der Waals surface area contributed by atoms with Gasteiger partial charge < -0.3 is 0 Å². The van der Waals surface area contributed by atoms with Crippen molar-refractivity contribution in [1.29, 1.82) is 0 Å². The van der Waals surface area contributed by atoms with Crippen molar-refractivity contribution < 1.29 is 0 Å². The molecule has 0 bridgehead atoms. The largest absolute Gasteiger partial charge is 0.264 e. The van der Waals surface area contributed by atoms with Gasteiger partial charge in [0, 0.05) is 36.6 Å². The number of nitrogens with zero attached hydrogens (tertiary/aromatic N) is 2. The van der Waals surface area contributed by atoms with Crippen molar-refractivity contribution in [3.8, 4) is 44.5 Å². The summed E-state index contributed by atoms with van der Waals surface area (Å²) in [6, 6.07) is 48.5. The van der Waals surface area contributed by atoms with E-state index in [0.717, 1.165) is 0 Å². The highest BCUT2D eigenvalue weighted by molar-refractivity contribution is 5.98. The Kier molecular flexibility index (Phi) is 5.67. The number of benzene rings is 5. The third-order valence-electron chi connectivity index (χ3n) is 9.46. The van der Waals surface area contributed by atoms with Crippen molar-refractivity contribution in [2.75, 3.05) is 0 Å². The zero-order valence-electron chi connectivity index (χ0n) is 24.1. The molecule has 2 aromatic heterocycles. The molecule has 44 heavy (non-hydrogen) atoms. The molecule has 0 radical (unpaired) electrons. The number of hydrogen-bond acceptors (Lipinski definition) is 2. The Bertz CT molecular complexity index is 1990. The quantitative estimate of drug-likeness (QED) is 0.214. The molecule has 2 heteroatoms. The maximum atomic E-state index is 4.60. The SMILES string of the molecule is c1ccc(-c2ccc(C3c4cnccc4-c4c3ccc3c4-c4ccncc4[C@H]3c3ccc(-c4ccccc4)cc3)cc2)cc1. The molecule has 7 aromatic rings. The van der Waals surface area contributed by atoms with Crippen LogP contribution in [-0.4, -0.2) is 9.97 Å². The number of fused-ring (bicyclic) bond motifs is 7. The first kappa shape index (κ1) is 24.9. The molecule has 0 saturated heterocycles. The predicted molar refractivity (Wildman–Crippen MR) is 179 cm³/mol. The van der Waals surface area contributed by atoms with E-state index in [1.54, 1.807) is 0 Å². The van der Waals surface area contributed by atoms with Crippen molar-refractivity contribution in [1.82, 2.24) is 9.97 Å². The standard InChI is InChI=1S/C42H28N2/c1-3-7-27(8-4-1)29-11-15-31(16-12-29)39-35-19-20-36-40(32-17-13-30(14-18-32)28-9-5-2-6-10-28)38-26-44-24-22-34(38)42(36)41(35)33-21-23-43-25-37(33)39/h1-26,39-40H/t39-,40?/m0/s1. The molecule has 5 aromatic carbocycles. The van der Waals surface area contributed by atoms with E-state index in [9.17, 15) is 0 Å². The van der Waals surface area contributed by atoms with Gasteiger partial charge >= 0.3 is 0 Å². The summed E-state index contributed by atoms with van der Waals surface area (Å²) in [4.78, 5) is 9.21. The minimum Gasteiger partial charge on any atom is -0.264 e. The maximum absolute atomic E-state index is 4.60. The van der Waals surface area contributed by atoms with Crippen molar-refractivity contribution in [3.05, 3.63) is 192 Å². The Morgan fingerprint density at radius 2 is 0.727 bits per heavy atom. The van der Waals surface area contributed by atoms with Gasteiger partial charge in [0.15, 0.2) is 0 Å². The lowest BCUT2D eigenvalue weighted by Gasteiger charge is -2.18. The average Bonchev–Trinajstić information content (AvgIpc) is 3.62. The molecule has 0 fully saturated rings. The second kappa shape index (κ2) is 10.00. The number of aromatic nitrogens is 2. The molecule has 2 atom stereocenters. The van der Waals surface area contributed by atoms with Gasteiger partial charge in [0.1, 0.15) is 0 Å². The van der Waals surface area contributed by atoms with Gasteiger partial charge in [-0.2, -0.15) is 0 Å². The van der Waals surface area contributed by atoms with Gasteiger partial charge in [0.25, 0.3) is 0 Å². The number of pyridine rings is 2. The Balaban J connectivity index is 1.19. The zero-order chi connectivity index (χ0) is 29.0. The fourth-order valence-corrected chi connectivity index (χ4v) is 7.48. The molecule has 1 unspecified atom stereocenters. The fraction of sp³-hybridized carbons (Fsp3) is 0.0476. The van der Waals surface area contributed by atoms with Crippen LogP contribution in [0.4, 0.5) is 0 Å². The Morgan fingerprint density at radius 1 is 0.341 bits per heavy atom. The van der Waals surface area contributed by atoms with Gasteiger partial charge in [-0.05, 0) is 90.0 Å². The molecule has 2 aliphatic carbocycles. The van der Waals surface area contributed by atoms with Crippen LogP contribution >= 0.6 is 0 Å². The summed E-state index contributed by atoms with van der Waals surface area (Å²) < 4.78 is 0. The highest BCUT2D eigenvalue weighted by Gasteiger charge is 2.38. The van der Waals surface area contributed by atoms with Gasteiger partial charge in [0.2, 0.25) is 0 Å². The van der Waals surface area contributed by atoms with Crippen molar-refractivity contribution >= 4 is 0 Å². The third kappa shape index (κ3) is 3.81. The molecule has 2 aliphatic rings. The summed E-state index contributed by atoms with van der Waals surface area (Å²) in [6.45, 7) is 0. The molecule has 2 heterocycles. The van der Waals surface area contributed by atoms with Crippen LogP contribution in [0, 0.1) is 0 Å². The maximum Gasteiger partial charge on any atom is 0.0367 e. The molecule has 206 valence electrons. The highest BCUT2D eigenvalue weighted by atomic mass is 14.6. The molecule has 0 saturated carbocycles. The summed E-state index contributed by atoms with van der Waals surface area (Å²) >= 11 is 0. The van der Waals surface area contributed by atoms with E-state index in [1.807, 2.05) is 12.4 Å². The normalized spacial score (nSPS) is 15.7. The van der Waals surface area contributed by atoms with E-state index >= 15 is 0 Å². The van der Waals surface area contributed by atoms with Crippen molar-refractivity contribution in [2.45, 2.75) is 11.8 Å². The lowest BCUT2D eigenvalue weighted by atomic mass is 9.85. The summed E-state index contributed by atoms with van der Waals surface area (Å²) in [5, 5.41) is 0. The molecule has 9 rings (SSSR count). The van der Waals surface area contributed by atoms with E-state index in [2.05, 4.69) is 156 Å². The van der Waals surface area contributed by atoms with Gasteiger partial charge in [-0.25, -0.2) is 0 Å². The second-order valence-corrected chi connectivity index (χ2v) is 11.8. The van der Waals surface area contributed by atoms with E-state index in [4.69, 9.17) is 0 Å². The molecule has 2 nitrogen and oxygen atoms in total. The lowest BCUT2D eigenvalue weighted by molar-refractivity contribution is 0.986. The number of hydrogen-bond donors (Lipinski definition) is 0.